The molecule has 4 rings (SSSR count). The second-order valence-corrected chi connectivity index (χ2v) is 8.41. The number of methoxy groups -OCH3 is 1. The van der Waals surface area contributed by atoms with Crippen molar-refractivity contribution in [3.8, 4) is 0 Å². The molecular weight excluding hydrogens is 380 g/mol. The van der Waals surface area contributed by atoms with Crippen LogP contribution in [0.15, 0.2) is 29.2 Å². The van der Waals surface area contributed by atoms with E-state index >= 15 is 0 Å². The number of pyridine rings is 1. The van der Waals surface area contributed by atoms with Gasteiger partial charge in [0, 0.05) is 32.5 Å². The lowest BCUT2D eigenvalue weighted by Crippen LogP contribution is -2.41. The third-order valence-electron chi connectivity index (χ3n) is 6.28. The molecule has 160 valence electrons. The number of carbonyl (C=O) groups is 1. The number of aryl methyl sites for hydroxylation is 2. The van der Waals surface area contributed by atoms with Gasteiger partial charge < -0.3 is 14.6 Å². The van der Waals surface area contributed by atoms with E-state index in [4.69, 9.17) is 9.72 Å². The molecule has 2 atom stereocenters. The van der Waals surface area contributed by atoms with Gasteiger partial charge in [-0.15, -0.1) is 0 Å². The highest BCUT2D eigenvalue weighted by Gasteiger charge is 2.26. The van der Waals surface area contributed by atoms with Crippen molar-refractivity contribution in [2.24, 2.45) is 5.92 Å². The Morgan fingerprint density at radius 3 is 2.87 bits per heavy atom. The molecule has 0 aliphatic heterocycles. The smallest absolute Gasteiger partial charge is 0.268 e. The van der Waals surface area contributed by atoms with Gasteiger partial charge in [0.1, 0.15) is 17.0 Å². The molecular formula is C23H30N4O3. The van der Waals surface area contributed by atoms with Crippen LogP contribution in [0.1, 0.15) is 55.1 Å². The van der Waals surface area contributed by atoms with Gasteiger partial charge in [-0.2, -0.15) is 0 Å². The van der Waals surface area contributed by atoms with Gasteiger partial charge in [0.25, 0.3) is 11.5 Å². The summed E-state index contributed by atoms with van der Waals surface area (Å²) in [5.41, 5.74) is 2.45. The van der Waals surface area contributed by atoms with Gasteiger partial charge in [0.2, 0.25) is 0 Å². The number of carbonyl (C=O) groups excluding carboxylic acids is 1. The van der Waals surface area contributed by atoms with Crippen LogP contribution in [0.2, 0.25) is 0 Å². The molecule has 3 aromatic heterocycles. The van der Waals surface area contributed by atoms with Crippen molar-refractivity contribution in [3.63, 3.8) is 0 Å². The Hall–Kier alpha value is -2.67. The minimum atomic E-state index is -0.149. The molecule has 0 radical (unpaired) electrons. The highest BCUT2D eigenvalue weighted by atomic mass is 16.5. The van der Waals surface area contributed by atoms with E-state index < -0.39 is 0 Å². The first-order chi connectivity index (χ1) is 14.5. The van der Waals surface area contributed by atoms with E-state index in [9.17, 15) is 9.59 Å². The van der Waals surface area contributed by atoms with Crippen LogP contribution in [0.4, 0.5) is 0 Å². The molecule has 3 aromatic rings. The molecule has 1 N–H and O–H groups in total. The number of aromatic nitrogens is 3. The maximum absolute atomic E-state index is 13.3. The van der Waals surface area contributed by atoms with Gasteiger partial charge in [-0.3, -0.25) is 14.0 Å². The van der Waals surface area contributed by atoms with E-state index in [1.165, 1.54) is 6.42 Å². The van der Waals surface area contributed by atoms with Crippen molar-refractivity contribution < 1.29 is 9.53 Å². The Kier molecular flexibility index (Phi) is 5.90. The largest absolute Gasteiger partial charge is 0.385 e. The third-order valence-corrected chi connectivity index (χ3v) is 6.28. The minimum Gasteiger partial charge on any atom is -0.385 e. The molecule has 0 saturated heterocycles. The molecule has 0 unspecified atom stereocenters. The summed E-state index contributed by atoms with van der Waals surface area (Å²) >= 11 is 0. The third kappa shape index (κ3) is 3.74. The minimum absolute atomic E-state index is 0.130. The zero-order valence-electron chi connectivity index (χ0n) is 18.0. The number of hydrogen-bond acceptors (Lipinski definition) is 4. The molecule has 1 saturated carbocycles. The van der Waals surface area contributed by atoms with Crippen LogP contribution < -0.4 is 10.9 Å². The number of nitrogens with zero attached hydrogens (tertiary/aromatic N) is 3. The number of ether oxygens (including phenoxy) is 1. The molecule has 1 fully saturated rings. The molecule has 7 heteroatoms. The van der Waals surface area contributed by atoms with E-state index in [0.29, 0.717) is 41.4 Å². The van der Waals surface area contributed by atoms with Gasteiger partial charge in [-0.1, -0.05) is 25.8 Å². The van der Waals surface area contributed by atoms with Crippen molar-refractivity contribution in [2.75, 3.05) is 13.7 Å². The average Bonchev–Trinajstić information content (AvgIpc) is 3.10. The predicted molar refractivity (Wildman–Crippen MR) is 117 cm³/mol. The van der Waals surface area contributed by atoms with Gasteiger partial charge in [-0.05, 0) is 49.8 Å². The van der Waals surface area contributed by atoms with Gasteiger partial charge in [-0.25, -0.2) is 4.98 Å². The fourth-order valence-corrected chi connectivity index (χ4v) is 4.52. The van der Waals surface area contributed by atoms with Crippen molar-refractivity contribution in [2.45, 2.75) is 58.5 Å². The lowest BCUT2D eigenvalue weighted by molar-refractivity contribution is 0.0900. The fourth-order valence-electron chi connectivity index (χ4n) is 4.52. The van der Waals surface area contributed by atoms with Crippen LogP contribution in [0, 0.1) is 12.8 Å². The Balaban J connectivity index is 1.81. The highest BCUT2D eigenvalue weighted by molar-refractivity contribution is 5.98. The van der Waals surface area contributed by atoms with Crippen LogP contribution >= 0.6 is 0 Å². The normalized spacial score (nSPS) is 19.4. The van der Waals surface area contributed by atoms with E-state index in [-0.39, 0.29) is 17.5 Å². The summed E-state index contributed by atoms with van der Waals surface area (Å²) in [6.45, 7) is 5.27. The van der Waals surface area contributed by atoms with E-state index in [1.54, 1.807) is 23.8 Å². The summed E-state index contributed by atoms with van der Waals surface area (Å²) in [5, 5.41) is 3.69. The lowest BCUT2D eigenvalue weighted by atomic mass is 9.86. The van der Waals surface area contributed by atoms with Crippen LogP contribution in [-0.2, 0) is 11.3 Å². The summed E-state index contributed by atoms with van der Waals surface area (Å²) in [7, 11) is 1.66. The van der Waals surface area contributed by atoms with Crippen LogP contribution in [0.3, 0.4) is 0 Å². The number of nitrogens with one attached hydrogen (secondary N) is 1. The predicted octanol–water partition coefficient (Wildman–Crippen LogP) is 3.30. The zero-order chi connectivity index (χ0) is 21.3. The van der Waals surface area contributed by atoms with Gasteiger partial charge >= 0.3 is 0 Å². The topological polar surface area (TPSA) is 77.6 Å². The molecule has 0 bridgehead atoms. The second kappa shape index (κ2) is 8.60. The molecule has 1 amide bonds. The lowest BCUT2D eigenvalue weighted by Gasteiger charge is -2.29. The highest BCUT2D eigenvalue weighted by Crippen LogP contribution is 2.25. The van der Waals surface area contributed by atoms with Gasteiger partial charge in [0.05, 0.1) is 5.39 Å². The number of fused-ring (bicyclic) bond motifs is 2. The van der Waals surface area contributed by atoms with Crippen molar-refractivity contribution in [1.82, 2.24) is 19.3 Å². The maximum atomic E-state index is 13.3. The Morgan fingerprint density at radius 1 is 1.30 bits per heavy atom. The quantitative estimate of drug-likeness (QED) is 0.633. The first-order valence-electron chi connectivity index (χ1n) is 10.8. The van der Waals surface area contributed by atoms with Gasteiger partial charge in [0.15, 0.2) is 0 Å². The Labute approximate surface area is 176 Å². The van der Waals surface area contributed by atoms with Crippen LogP contribution in [0.5, 0.6) is 0 Å². The second-order valence-electron chi connectivity index (χ2n) is 8.41. The number of amides is 1. The summed E-state index contributed by atoms with van der Waals surface area (Å²) < 4.78 is 8.64. The monoisotopic (exact) mass is 410 g/mol. The van der Waals surface area contributed by atoms with Crippen LogP contribution in [0.25, 0.3) is 16.7 Å². The summed E-state index contributed by atoms with van der Waals surface area (Å²) in [6.07, 6.45) is 6.95. The number of rotatable bonds is 6. The summed E-state index contributed by atoms with van der Waals surface area (Å²) in [6, 6.07) is 5.65. The Morgan fingerprint density at radius 2 is 2.10 bits per heavy atom. The van der Waals surface area contributed by atoms with Crippen LogP contribution in [-0.4, -0.2) is 39.6 Å². The average molecular weight is 411 g/mol. The molecule has 7 nitrogen and oxygen atoms in total. The molecule has 30 heavy (non-hydrogen) atoms. The molecule has 0 aromatic carbocycles. The summed E-state index contributed by atoms with van der Waals surface area (Å²) in [4.78, 5) is 31.2. The Bertz CT molecular complexity index is 1130. The van der Waals surface area contributed by atoms with Crippen molar-refractivity contribution >= 4 is 22.6 Å². The maximum Gasteiger partial charge on any atom is 0.268 e. The molecule has 0 spiro atoms. The van der Waals surface area contributed by atoms with E-state index in [0.717, 1.165) is 31.2 Å². The van der Waals surface area contributed by atoms with Crippen molar-refractivity contribution in [3.05, 3.63) is 46.0 Å². The van der Waals surface area contributed by atoms with E-state index in [1.807, 2.05) is 23.6 Å². The zero-order valence-corrected chi connectivity index (χ0v) is 18.0. The SMILES string of the molecule is COCCCn1c(C(=O)N[C@H]2CCCC[C@H]2C)cc2c(=O)n3cccc(C)c3nc21. The number of hydrogen-bond donors (Lipinski definition) is 1. The standard InChI is InChI=1S/C23H30N4O3/c1-15-8-4-5-10-18(15)24-22(28)19-14-17-21(26(19)12-7-13-30-3)25-20-16(2)9-6-11-27(20)23(17)29/h6,9,11,14-15,18H,4-5,7-8,10,12-13H2,1-3H3,(H,24,28)/t15-,18+/m1/s1. The molecule has 1 aliphatic rings. The molecule has 3 heterocycles. The first kappa shape index (κ1) is 20.6. The first-order valence-corrected chi connectivity index (χ1v) is 10.8. The summed E-state index contributed by atoms with van der Waals surface area (Å²) in [5.74, 6) is 0.331. The molecule has 1 aliphatic carbocycles. The van der Waals surface area contributed by atoms with Crippen molar-refractivity contribution in [1.29, 1.82) is 0 Å². The fraction of sp³-hybridized carbons (Fsp3) is 0.522. The van der Waals surface area contributed by atoms with E-state index in [2.05, 4.69) is 12.2 Å².